The summed E-state index contributed by atoms with van der Waals surface area (Å²) in [4.78, 5) is 2.19. The van der Waals surface area contributed by atoms with E-state index in [1.54, 1.807) is 13.4 Å². The molecule has 1 aromatic heterocycles. The van der Waals surface area contributed by atoms with Gasteiger partial charge in [0.15, 0.2) is 0 Å². The molecule has 0 amide bonds. The molecule has 2 heterocycles. The minimum Gasteiger partial charge on any atom is -0.497 e. The Morgan fingerprint density at radius 3 is 2.56 bits per heavy atom. The number of morpholine rings is 1. The standard InChI is InChI=1S/C19H26N2O5S/c1-24-17-6-4-16(5-7-17)8-14-27(22,23)20-15-18(19-3-2-11-26-19)21-9-12-25-13-10-21/h2-7,11,18,20H,8-10,12-15H2,1H3. The van der Waals surface area contributed by atoms with E-state index in [-0.39, 0.29) is 18.3 Å². The van der Waals surface area contributed by atoms with Crippen LogP contribution in [0.3, 0.4) is 0 Å². The van der Waals surface area contributed by atoms with Gasteiger partial charge >= 0.3 is 0 Å². The molecule has 3 rings (SSSR count). The summed E-state index contributed by atoms with van der Waals surface area (Å²) >= 11 is 0. The molecular weight excluding hydrogens is 368 g/mol. The number of aryl methyl sites for hydroxylation is 1. The van der Waals surface area contributed by atoms with Crippen molar-refractivity contribution in [3.8, 4) is 5.75 Å². The fraction of sp³-hybridized carbons (Fsp3) is 0.474. The molecule has 1 aliphatic heterocycles. The molecule has 2 aromatic rings. The summed E-state index contributed by atoms with van der Waals surface area (Å²) in [5.74, 6) is 1.55. The molecule has 1 saturated heterocycles. The minimum atomic E-state index is -3.40. The van der Waals surface area contributed by atoms with E-state index in [2.05, 4.69) is 9.62 Å². The molecule has 1 atom stereocenters. The zero-order valence-corrected chi connectivity index (χ0v) is 16.3. The van der Waals surface area contributed by atoms with Crippen molar-refractivity contribution in [2.24, 2.45) is 0 Å². The van der Waals surface area contributed by atoms with Crippen molar-refractivity contribution in [1.29, 1.82) is 0 Å². The second-order valence-corrected chi connectivity index (χ2v) is 8.37. The van der Waals surface area contributed by atoms with Gasteiger partial charge in [0.25, 0.3) is 0 Å². The maximum atomic E-state index is 12.5. The molecule has 0 radical (unpaired) electrons. The first-order valence-corrected chi connectivity index (χ1v) is 10.7. The van der Waals surface area contributed by atoms with E-state index in [0.29, 0.717) is 19.6 Å². The van der Waals surface area contributed by atoms with E-state index in [0.717, 1.165) is 30.2 Å². The van der Waals surface area contributed by atoms with Crippen LogP contribution in [0, 0.1) is 0 Å². The van der Waals surface area contributed by atoms with Gasteiger partial charge in [-0.2, -0.15) is 0 Å². The van der Waals surface area contributed by atoms with E-state index in [9.17, 15) is 8.42 Å². The molecule has 1 N–H and O–H groups in total. The van der Waals surface area contributed by atoms with Crippen molar-refractivity contribution in [2.75, 3.05) is 45.7 Å². The molecule has 0 spiro atoms. The summed E-state index contributed by atoms with van der Waals surface area (Å²) < 4.78 is 43.7. The van der Waals surface area contributed by atoms with Crippen LogP contribution in [0.5, 0.6) is 5.75 Å². The van der Waals surface area contributed by atoms with Crippen LogP contribution < -0.4 is 9.46 Å². The lowest BCUT2D eigenvalue weighted by Gasteiger charge is -2.33. The summed E-state index contributed by atoms with van der Waals surface area (Å²) in [7, 11) is -1.80. The van der Waals surface area contributed by atoms with Crippen LogP contribution in [0.4, 0.5) is 0 Å². The number of hydrogen-bond acceptors (Lipinski definition) is 6. The average Bonchev–Trinajstić information content (AvgIpc) is 3.22. The smallest absolute Gasteiger partial charge is 0.211 e. The van der Waals surface area contributed by atoms with Crippen LogP contribution in [0.15, 0.2) is 47.1 Å². The van der Waals surface area contributed by atoms with E-state index in [1.165, 1.54) is 0 Å². The van der Waals surface area contributed by atoms with Crippen LogP contribution in [0.25, 0.3) is 0 Å². The molecule has 1 fully saturated rings. The van der Waals surface area contributed by atoms with Crippen LogP contribution in [0.2, 0.25) is 0 Å². The van der Waals surface area contributed by atoms with Gasteiger partial charge in [0.2, 0.25) is 10.0 Å². The van der Waals surface area contributed by atoms with Crippen LogP contribution in [-0.2, 0) is 21.2 Å². The summed E-state index contributed by atoms with van der Waals surface area (Å²) in [5.41, 5.74) is 0.955. The topological polar surface area (TPSA) is 81.0 Å². The first kappa shape index (κ1) is 19.9. The minimum absolute atomic E-state index is 0.0350. The quantitative estimate of drug-likeness (QED) is 0.699. The first-order chi connectivity index (χ1) is 13.1. The van der Waals surface area contributed by atoms with Gasteiger partial charge in [-0.1, -0.05) is 12.1 Å². The SMILES string of the molecule is COc1ccc(CCS(=O)(=O)NCC(c2ccco2)N2CCOCC2)cc1. The molecule has 148 valence electrons. The zero-order chi connectivity index (χ0) is 19.1. The van der Waals surface area contributed by atoms with E-state index in [4.69, 9.17) is 13.9 Å². The van der Waals surface area contributed by atoms with E-state index >= 15 is 0 Å². The zero-order valence-electron chi connectivity index (χ0n) is 15.5. The predicted molar refractivity (Wildman–Crippen MR) is 102 cm³/mol. The summed E-state index contributed by atoms with van der Waals surface area (Å²) in [6, 6.07) is 11.0. The number of hydrogen-bond donors (Lipinski definition) is 1. The molecule has 0 bridgehead atoms. The maximum absolute atomic E-state index is 12.5. The lowest BCUT2D eigenvalue weighted by molar-refractivity contribution is 0.0128. The third-order valence-electron chi connectivity index (χ3n) is 4.67. The van der Waals surface area contributed by atoms with Gasteiger partial charge in [-0.25, -0.2) is 13.1 Å². The predicted octanol–water partition coefficient (Wildman–Crippen LogP) is 1.82. The third-order valence-corrected chi connectivity index (χ3v) is 6.02. The van der Waals surface area contributed by atoms with Crippen molar-refractivity contribution in [3.63, 3.8) is 0 Å². The van der Waals surface area contributed by atoms with Crippen molar-refractivity contribution < 1.29 is 22.3 Å². The van der Waals surface area contributed by atoms with Gasteiger partial charge in [0, 0.05) is 19.6 Å². The fourth-order valence-electron chi connectivity index (χ4n) is 3.10. The maximum Gasteiger partial charge on any atom is 0.211 e. The summed E-state index contributed by atoms with van der Waals surface area (Å²) in [5, 5.41) is 0. The highest BCUT2D eigenvalue weighted by Crippen LogP contribution is 2.22. The lowest BCUT2D eigenvalue weighted by atomic mass is 10.2. The second kappa shape index (κ2) is 9.36. The molecule has 1 aromatic carbocycles. The Morgan fingerprint density at radius 1 is 1.19 bits per heavy atom. The third kappa shape index (κ3) is 5.80. The van der Waals surface area contributed by atoms with Crippen molar-refractivity contribution in [3.05, 3.63) is 54.0 Å². The number of ether oxygens (including phenoxy) is 2. The Bertz CT molecular complexity index is 784. The normalized spacial score (nSPS) is 16.9. The Morgan fingerprint density at radius 2 is 1.93 bits per heavy atom. The van der Waals surface area contributed by atoms with Crippen molar-refractivity contribution in [1.82, 2.24) is 9.62 Å². The molecule has 1 aliphatic rings. The van der Waals surface area contributed by atoms with E-state index < -0.39 is 10.0 Å². The lowest BCUT2D eigenvalue weighted by Crippen LogP contribution is -2.44. The number of rotatable bonds is 9. The number of sulfonamides is 1. The first-order valence-electron chi connectivity index (χ1n) is 9.03. The van der Waals surface area contributed by atoms with Gasteiger partial charge in [0.1, 0.15) is 11.5 Å². The van der Waals surface area contributed by atoms with Crippen molar-refractivity contribution >= 4 is 10.0 Å². The largest absolute Gasteiger partial charge is 0.497 e. The molecule has 7 nitrogen and oxygen atoms in total. The molecule has 27 heavy (non-hydrogen) atoms. The molecule has 0 saturated carbocycles. The molecule has 0 aliphatic carbocycles. The summed E-state index contributed by atoms with van der Waals surface area (Å²) in [6.07, 6.45) is 2.06. The molecular formula is C19H26N2O5S. The Hall–Kier alpha value is -1.87. The molecule has 8 heteroatoms. The monoisotopic (exact) mass is 394 g/mol. The van der Waals surface area contributed by atoms with Gasteiger partial charge < -0.3 is 13.9 Å². The fourth-order valence-corrected chi connectivity index (χ4v) is 4.16. The van der Waals surface area contributed by atoms with Crippen molar-refractivity contribution in [2.45, 2.75) is 12.5 Å². The van der Waals surface area contributed by atoms with Gasteiger partial charge in [0.05, 0.1) is 38.4 Å². The van der Waals surface area contributed by atoms with Crippen LogP contribution in [-0.4, -0.2) is 59.0 Å². The highest BCUT2D eigenvalue weighted by atomic mass is 32.2. The highest BCUT2D eigenvalue weighted by Gasteiger charge is 2.26. The van der Waals surface area contributed by atoms with Gasteiger partial charge in [-0.3, -0.25) is 4.90 Å². The van der Waals surface area contributed by atoms with Crippen LogP contribution in [0.1, 0.15) is 17.4 Å². The summed E-state index contributed by atoms with van der Waals surface area (Å²) in [6.45, 7) is 3.05. The van der Waals surface area contributed by atoms with Crippen LogP contribution >= 0.6 is 0 Å². The Labute approximate surface area is 160 Å². The number of furan rings is 1. The second-order valence-electron chi connectivity index (χ2n) is 6.44. The van der Waals surface area contributed by atoms with Gasteiger partial charge in [-0.05, 0) is 36.2 Å². The number of nitrogens with one attached hydrogen (secondary N) is 1. The molecule has 1 unspecified atom stereocenters. The Kier molecular flexibility index (Phi) is 6.89. The number of benzene rings is 1. The van der Waals surface area contributed by atoms with Gasteiger partial charge in [-0.15, -0.1) is 0 Å². The number of methoxy groups -OCH3 is 1. The highest BCUT2D eigenvalue weighted by molar-refractivity contribution is 7.89. The number of nitrogens with zero attached hydrogens (tertiary/aromatic N) is 1. The van der Waals surface area contributed by atoms with E-state index in [1.807, 2.05) is 36.4 Å². The average molecular weight is 394 g/mol. The Balaban J connectivity index is 1.57.